The summed E-state index contributed by atoms with van der Waals surface area (Å²) < 4.78 is 2.28. The Morgan fingerprint density at radius 1 is 0.963 bits per heavy atom. The molecule has 0 unspecified atom stereocenters. The van der Waals surface area contributed by atoms with Gasteiger partial charge in [0.25, 0.3) is 0 Å². The Balaban J connectivity index is 0.00000261. The summed E-state index contributed by atoms with van der Waals surface area (Å²) >= 11 is 0. The molecule has 0 aliphatic carbocycles. The average molecular weight is 489 g/mol. The summed E-state index contributed by atoms with van der Waals surface area (Å²) in [6.07, 6.45) is 11.5. The first kappa shape index (κ1) is 22.4. The van der Waals surface area contributed by atoms with Crippen LogP contribution in [0.15, 0.2) is 4.99 Å². The van der Waals surface area contributed by atoms with Crippen LogP contribution in [0, 0.1) is 0 Å². The monoisotopic (exact) mass is 489 g/mol. The second-order valence-electron chi connectivity index (χ2n) is 7.46. The number of aromatic nitrogens is 3. The molecule has 0 radical (unpaired) electrons. The van der Waals surface area contributed by atoms with Crippen LogP contribution < -0.4 is 10.6 Å². The Bertz CT molecular complexity index is 564. The minimum atomic E-state index is 0. The summed E-state index contributed by atoms with van der Waals surface area (Å²) in [6, 6.07) is 0. The fourth-order valence-electron chi connectivity index (χ4n) is 3.93. The minimum absolute atomic E-state index is 0. The van der Waals surface area contributed by atoms with Gasteiger partial charge in [0.05, 0.1) is 6.54 Å². The van der Waals surface area contributed by atoms with Gasteiger partial charge in [-0.1, -0.05) is 19.3 Å². The maximum absolute atomic E-state index is 4.37. The van der Waals surface area contributed by atoms with E-state index in [9.17, 15) is 0 Å². The highest BCUT2D eigenvalue weighted by Gasteiger charge is 2.14. The zero-order chi connectivity index (χ0) is 18.0. The van der Waals surface area contributed by atoms with E-state index in [4.69, 9.17) is 0 Å². The Hall–Kier alpha value is -0.900. The molecule has 0 spiro atoms. The van der Waals surface area contributed by atoms with Crippen LogP contribution in [-0.2, 0) is 19.5 Å². The van der Waals surface area contributed by atoms with E-state index in [1.54, 1.807) is 0 Å². The summed E-state index contributed by atoms with van der Waals surface area (Å²) in [5.74, 6) is 3.01. The molecular formula is C19H36IN7. The van der Waals surface area contributed by atoms with Crippen LogP contribution in [-0.4, -0.2) is 58.9 Å². The molecule has 0 amide bonds. The lowest BCUT2D eigenvalue weighted by Crippen LogP contribution is -2.39. The van der Waals surface area contributed by atoms with Gasteiger partial charge in [-0.05, 0) is 51.7 Å². The third-order valence-corrected chi connectivity index (χ3v) is 5.47. The normalized spacial score (nSPS) is 18.8. The van der Waals surface area contributed by atoms with Crippen LogP contribution in [0.2, 0.25) is 0 Å². The molecule has 1 aromatic heterocycles. The van der Waals surface area contributed by atoms with Crippen LogP contribution in [0.1, 0.15) is 63.0 Å². The zero-order valence-corrected chi connectivity index (χ0v) is 19.1. The first-order valence-corrected chi connectivity index (χ1v) is 10.4. The van der Waals surface area contributed by atoms with Crippen LogP contribution in [0.5, 0.6) is 0 Å². The van der Waals surface area contributed by atoms with Gasteiger partial charge in [0.2, 0.25) is 0 Å². The van der Waals surface area contributed by atoms with E-state index in [2.05, 4.69) is 35.3 Å². The molecule has 7 nitrogen and oxygen atoms in total. The maximum atomic E-state index is 4.37. The van der Waals surface area contributed by atoms with Gasteiger partial charge in [0.15, 0.2) is 11.8 Å². The predicted octanol–water partition coefficient (Wildman–Crippen LogP) is 2.55. The number of halogens is 1. The van der Waals surface area contributed by atoms with E-state index in [0.29, 0.717) is 6.54 Å². The van der Waals surface area contributed by atoms with E-state index >= 15 is 0 Å². The van der Waals surface area contributed by atoms with Gasteiger partial charge >= 0.3 is 0 Å². The molecule has 1 saturated heterocycles. The number of guanidine groups is 1. The van der Waals surface area contributed by atoms with E-state index in [1.165, 1.54) is 64.6 Å². The first-order chi connectivity index (χ1) is 12.9. The van der Waals surface area contributed by atoms with E-state index in [0.717, 1.165) is 43.5 Å². The van der Waals surface area contributed by atoms with Crippen molar-refractivity contribution in [3.63, 3.8) is 0 Å². The van der Waals surface area contributed by atoms with Gasteiger partial charge in [-0.3, -0.25) is 4.99 Å². The molecule has 1 fully saturated rings. The van der Waals surface area contributed by atoms with Gasteiger partial charge in [-0.25, -0.2) is 0 Å². The molecule has 3 rings (SSSR count). The summed E-state index contributed by atoms with van der Waals surface area (Å²) in [6.45, 7) is 6.39. The van der Waals surface area contributed by atoms with Crippen molar-refractivity contribution in [1.29, 1.82) is 0 Å². The van der Waals surface area contributed by atoms with Crippen molar-refractivity contribution >= 4 is 29.9 Å². The van der Waals surface area contributed by atoms with E-state index < -0.39 is 0 Å². The molecule has 2 aliphatic rings. The number of nitrogens with one attached hydrogen (secondary N) is 2. The maximum Gasteiger partial charge on any atom is 0.191 e. The lowest BCUT2D eigenvalue weighted by Gasteiger charge is -2.20. The number of fused-ring (bicyclic) bond motifs is 1. The standard InChI is InChI=1S/C19H35N7.HI/c1-20-19(21-11-9-14-25-12-6-2-3-7-13-25)22-16-18-24-23-17-10-5-4-8-15-26(17)18;/h2-16H2,1H3,(H2,20,21,22);1H. The fraction of sp³-hybridized carbons (Fsp3) is 0.842. The molecule has 0 saturated carbocycles. The van der Waals surface area contributed by atoms with Gasteiger partial charge < -0.3 is 20.1 Å². The van der Waals surface area contributed by atoms with Crippen molar-refractivity contribution < 1.29 is 0 Å². The highest BCUT2D eigenvalue weighted by atomic mass is 127. The van der Waals surface area contributed by atoms with Gasteiger partial charge in [0, 0.05) is 26.6 Å². The summed E-state index contributed by atoms with van der Waals surface area (Å²) in [4.78, 5) is 6.95. The lowest BCUT2D eigenvalue weighted by molar-refractivity contribution is 0.282. The summed E-state index contributed by atoms with van der Waals surface area (Å²) in [5, 5.41) is 15.6. The highest BCUT2D eigenvalue weighted by molar-refractivity contribution is 14.0. The third kappa shape index (κ3) is 7.21. The number of aryl methyl sites for hydroxylation is 1. The van der Waals surface area contributed by atoms with Crippen LogP contribution in [0.3, 0.4) is 0 Å². The van der Waals surface area contributed by atoms with E-state index in [1.807, 2.05) is 7.05 Å². The molecule has 3 heterocycles. The molecule has 0 aromatic carbocycles. The lowest BCUT2D eigenvalue weighted by atomic mass is 10.2. The number of nitrogens with zero attached hydrogens (tertiary/aromatic N) is 5. The Kier molecular flexibility index (Phi) is 10.4. The van der Waals surface area contributed by atoms with E-state index in [-0.39, 0.29) is 24.0 Å². The minimum Gasteiger partial charge on any atom is -0.356 e. The average Bonchev–Trinajstić information content (AvgIpc) is 2.87. The molecule has 0 atom stereocenters. The molecule has 0 bridgehead atoms. The van der Waals surface area contributed by atoms with Gasteiger partial charge in [-0.15, -0.1) is 34.2 Å². The molecule has 2 N–H and O–H groups in total. The topological polar surface area (TPSA) is 70.4 Å². The van der Waals surface area contributed by atoms with Crippen LogP contribution in [0.25, 0.3) is 0 Å². The van der Waals surface area contributed by atoms with Crippen LogP contribution in [0.4, 0.5) is 0 Å². The molecule has 27 heavy (non-hydrogen) atoms. The van der Waals surface area contributed by atoms with Crippen molar-refractivity contribution in [2.24, 2.45) is 4.99 Å². The molecule has 154 valence electrons. The fourth-order valence-corrected chi connectivity index (χ4v) is 3.93. The number of hydrogen-bond acceptors (Lipinski definition) is 4. The summed E-state index contributed by atoms with van der Waals surface area (Å²) in [7, 11) is 1.83. The van der Waals surface area contributed by atoms with Crippen molar-refractivity contribution in [1.82, 2.24) is 30.3 Å². The van der Waals surface area contributed by atoms with Crippen molar-refractivity contribution in [2.75, 3.05) is 33.2 Å². The molecule has 8 heteroatoms. The third-order valence-electron chi connectivity index (χ3n) is 5.47. The molecule has 1 aromatic rings. The quantitative estimate of drug-likeness (QED) is 0.278. The Morgan fingerprint density at radius 2 is 1.70 bits per heavy atom. The largest absolute Gasteiger partial charge is 0.356 e. The second kappa shape index (κ2) is 12.5. The zero-order valence-electron chi connectivity index (χ0n) is 16.8. The highest BCUT2D eigenvalue weighted by Crippen LogP contribution is 2.14. The Labute approximate surface area is 180 Å². The Morgan fingerprint density at radius 3 is 2.48 bits per heavy atom. The second-order valence-corrected chi connectivity index (χ2v) is 7.46. The van der Waals surface area contributed by atoms with Crippen LogP contribution >= 0.6 is 24.0 Å². The number of rotatable bonds is 6. The van der Waals surface area contributed by atoms with Gasteiger partial charge in [-0.2, -0.15) is 0 Å². The number of likely N-dealkylation sites (tertiary alicyclic amines) is 1. The molecular weight excluding hydrogens is 453 g/mol. The molecule has 2 aliphatic heterocycles. The number of aliphatic imine (C=N–C) groups is 1. The van der Waals surface area contributed by atoms with Crippen molar-refractivity contribution in [2.45, 2.75) is 70.9 Å². The SMILES string of the molecule is CN=C(NCCCN1CCCCCC1)NCc1nnc2n1CCCCC2.I. The smallest absolute Gasteiger partial charge is 0.191 e. The predicted molar refractivity (Wildman–Crippen MR) is 121 cm³/mol. The summed E-state index contributed by atoms with van der Waals surface area (Å²) in [5.41, 5.74) is 0. The number of hydrogen-bond donors (Lipinski definition) is 2. The first-order valence-electron chi connectivity index (χ1n) is 10.4. The van der Waals surface area contributed by atoms with Crippen molar-refractivity contribution in [3.05, 3.63) is 11.6 Å². The van der Waals surface area contributed by atoms with Gasteiger partial charge in [0.1, 0.15) is 5.82 Å². The van der Waals surface area contributed by atoms with Crippen molar-refractivity contribution in [3.8, 4) is 0 Å².